The second-order valence-electron chi connectivity index (χ2n) is 0.984. The minimum absolute atomic E-state index is 0.141. The number of hydrogen-bond donors (Lipinski definition) is 0. The first-order chi connectivity index (χ1) is 3.91. The highest BCUT2D eigenvalue weighted by atomic mass is 35.5. The second kappa shape index (κ2) is 6.72. The summed E-state index contributed by atoms with van der Waals surface area (Å²) in [7, 11) is 0. The molecule has 0 rings (SSSR count). The maximum atomic E-state index is 9.46. The molecule has 0 aliphatic carbocycles. The lowest BCUT2D eigenvalue weighted by Gasteiger charge is -1.95. The van der Waals surface area contributed by atoms with Gasteiger partial charge in [-0.3, -0.25) is 4.79 Å². The Morgan fingerprint density at radius 1 is 1.50 bits per heavy atom. The van der Waals surface area contributed by atoms with E-state index in [0.29, 0.717) is 13.1 Å². The molecule has 0 amide bonds. The zero-order chi connectivity index (χ0) is 6.24. The maximum Gasteiger partial charge on any atom is 0.293 e. The number of carbonyl (C=O) groups excluding carboxylic acids is 1. The maximum absolute atomic E-state index is 9.46. The Morgan fingerprint density at radius 3 is 2.75 bits per heavy atom. The van der Waals surface area contributed by atoms with E-state index >= 15 is 0 Å². The van der Waals surface area contributed by atoms with Crippen LogP contribution < -0.4 is 0 Å². The standard InChI is InChI=1S/C4H7ClO3/c5-3-7-1-2-8-4-6/h4H,1-3H2. The van der Waals surface area contributed by atoms with Gasteiger partial charge >= 0.3 is 0 Å². The highest BCUT2D eigenvalue weighted by Crippen LogP contribution is 1.77. The highest BCUT2D eigenvalue weighted by molar-refractivity contribution is 6.17. The van der Waals surface area contributed by atoms with Gasteiger partial charge in [-0.2, -0.15) is 0 Å². The van der Waals surface area contributed by atoms with Crippen LogP contribution in [-0.4, -0.2) is 25.8 Å². The predicted octanol–water partition coefficient (Wildman–Crippen LogP) is 0.372. The van der Waals surface area contributed by atoms with Crippen LogP contribution in [0.25, 0.3) is 0 Å². The Bertz CT molecular complexity index is 57.2. The molecule has 0 fully saturated rings. The highest BCUT2D eigenvalue weighted by Gasteiger charge is 1.82. The smallest absolute Gasteiger partial charge is 0.293 e. The van der Waals surface area contributed by atoms with E-state index < -0.39 is 0 Å². The molecule has 48 valence electrons. The Kier molecular flexibility index (Phi) is 6.48. The van der Waals surface area contributed by atoms with E-state index in [-0.39, 0.29) is 12.7 Å². The van der Waals surface area contributed by atoms with Crippen molar-refractivity contribution in [3.8, 4) is 0 Å². The number of halogens is 1. The normalized spacial score (nSPS) is 8.62. The van der Waals surface area contributed by atoms with E-state index in [0.717, 1.165) is 0 Å². The first kappa shape index (κ1) is 7.72. The first-order valence-corrected chi connectivity index (χ1v) is 2.64. The number of rotatable bonds is 5. The fraction of sp³-hybridized carbons (Fsp3) is 0.750. The molecule has 0 saturated heterocycles. The molecule has 0 spiro atoms. The molecular weight excluding hydrogens is 131 g/mol. The van der Waals surface area contributed by atoms with Crippen molar-refractivity contribution in [1.29, 1.82) is 0 Å². The van der Waals surface area contributed by atoms with Crippen LogP contribution in [0.1, 0.15) is 0 Å². The van der Waals surface area contributed by atoms with Gasteiger partial charge in [-0.15, -0.1) is 0 Å². The van der Waals surface area contributed by atoms with Crippen LogP contribution in [0.5, 0.6) is 0 Å². The van der Waals surface area contributed by atoms with Gasteiger partial charge in [-0.05, 0) is 0 Å². The summed E-state index contributed by atoms with van der Waals surface area (Å²) in [4.78, 5) is 9.46. The molecule has 0 aliphatic heterocycles. The van der Waals surface area contributed by atoms with Gasteiger partial charge in [0.05, 0.1) is 6.61 Å². The van der Waals surface area contributed by atoms with Crippen molar-refractivity contribution in [3.05, 3.63) is 0 Å². The van der Waals surface area contributed by atoms with E-state index in [1.54, 1.807) is 0 Å². The number of carbonyl (C=O) groups is 1. The topological polar surface area (TPSA) is 35.5 Å². The van der Waals surface area contributed by atoms with Gasteiger partial charge in [0.2, 0.25) is 0 Å². The van der Waals surface area contributed by atoms with Crippen molar-refractivity contribution < 1.29 is 14.3 Å². The summed E-state index contributed by atoms with van der Waals surface area (Å²) < 4.78 is 8.89. The second-order valence-corrected chi connectivity index (χ2v) is 1.20. The van der Waals surface area contributed by atoms with Crippen molar-refractivity contribution >= 4 is 18.1 Å². The van der Waals surface area contributed by atoms with Crippen LogP contribution in [0.3, 0.4) is 0 Å². The number of ether oxygens (including phenoxy) is 2. The summed E-state index contributed by atoms with van der Waals surface area (Å²) in [5, 5.41) is 0. The zero-order valence-electron chi connectivity index (χ0n) is 4.30. The number of hydrogen-bond acceptors (Lipinski definition) is 3. The molecule has 0 aromatic heterocycles. The lowest BCUT2D eigenvalue weighted by atomic mass is 10.8. The fourth-order valence-electron chi connectivity index (χ4n) is 0.210. The zero-order valence-corrected chi connectivity index (χ0v) is 5.06. The lowest BCUT2D eigenvalue weighted by Crippen LogP contribution is -2.01. The van der Waals surface area contributed by atoms with Crippen LogP contribution in [0.15, 0.2) is 0 Å². The van der Waals surface area contributed by atoms with Crippen LogP contribution in [0, 0.1) is 0 Å². The average molecular weight is 139 g/mol. The van der Waals surface area contributed by atoms with Crippen molar-refractivity contribution in [3.63, 3.8) is 0 Å². The van der Waals surface area contributed by atoms with Crippen LogP contribution in [0.2, 0.25) is 0 Å². The summed E-state index contributed by atoms with van der Waals surface area (Å²) in [5.41, 5.74) is 0. The molecule has 0 heterocycles. The van der Waals surface area contributed by atoms with Gasteiger partial charge in [0.1, 0.15) is 12.7 Å². The molecular formula is C4H7ClO3. The lowest BCUT2D eigenvalue weighted by molar-refractivity contribution is -0.129. The molecule has 0 aromatic carbocycles. The Balaban J connectivity index is 2.62. The molecule has 0 unspecified atom stereocenters. The van der Waals surface area contributed by atoms with Crippen LogP contribution >= 0.6 is 11.6 Å². The van der Waals surface area contributed by atoms with Crippen LogP contribution in [-0.2, 0) is 14.3 Å². The van der Waals surface area contributed by atoms with Crippen molar-refractivity contribution in [2.45, 2.75) is 0 Å². The quantitative estimate of drug-likeness (QED) is 0.313. The Morgan fingerprint density at radius 2 is 2.25 bits per heavy atom. The minimum Gasteiger partial charge on any atom is -0.465 e. The molecule has 8 heavy (non-hydrogen) atoms. The third kappa shape index (κ3) is 5.72. The van der Waals surface area contributed by atoms with Crippen molar-refractivity contribution in [2.24, 2.45) is 0 Å². The molecule has 0 bridgehead atoms. The van der Waals surface area contributed by atoms with E-state index in [1.807, 2.05) is 0 Å². The summed E-state index contributed by atoms with van der Waals surface area (Å²) in [6.07, 6.45) is 0. The molecule has 0 N–H and O–H groups in total. The van der Waals surface area contributed by atoms with E-state index in [4.69, 9.17) is 11.6 Å². The predicted molar refractivity (Wildman–Crippen MR) is 28.7 cm³/mol. The monoisotopic (exact) mass is 138 g/mol. The van der Waals surface area contributed by atoms with E-state index in [2.05, 4.69) is 9.47 Å². The molecule has 3 nitrogen and oxygen atoms in total. The first-order valence-electron chi connectivity index (χ1n) is 2.10. The molecule has 4 heteroatoms. The Hall–Kier alpha value is -0.280. The fourth-order valence-corrected chi connectivity index (χ4v) is 0.319. The molecule has 0 saturated carbocycles. The van der Waals surface area contributed by atoms with Gasteiger partial charge in [-0.1, -0.05) is 11.6 Å². The van der Waals surface area contributed by atoms with Crippen molar-refractivity contribution in [2.75, 3.05) is 19.3 Å². The van der Waals surface area contributed by atoms with Crippen LogP contribution in [0.4, 0.5) is 0 Å². The molecule has 0 aromatic rings. The molecule has 0 radical (unpaired) electrons. The van der Waals surface area contributed by atoms with E-state index in [1.165, 1.54) is 0 Å². The largest absolute Gasteiger partial charge is 0.465 e. The van der Waals surface area contributed by atoms with Crippen molar-refractivity contribution in [1.82, 2.24) is 0 Å². The average Bonchev–Trinajstić information content (AvgIpc) is 1.81. The summed E-state index contributed by atoms with van der Waals surface area (Å²) in [6.45, 7) is 1.01. The summed E-state index contributed by atoms with van der Waals surface area (Å²) in [5.74, 6) is 0. The minimum atomic E-state index is 0.141. The van der Waals surface area contributed by atoms with Gasteiger partial charge in [0, 0.05) is 0 Å². The van der Waals surface area contributed by atoms with E-state index in [9.17, 15) is 4.79 Å². The Labute approximate surface area is 52.5 Å². The molecule has 0 atom stereocenters. The van der Waals surface area contributed by atoms with Gasteiger partial charge < -0.3 is 9.47 Å². The third-order valence-electron chi connectivity index (χ3n) is 0.491. The van der Waals surface area contributed by atoms with Gasteiger partial charge in [-0.25, -0.2) is 0 Å². The van der Waals surface area contributed by atoms with Gasteiger partial charge in [0.15, 0.2) is 0 Å². The summed E-state index contributed by atoms with van der Waals surface area (Å²) >= 11 is 5.11. The van der Waals surface area contributed by atoms with Gasteiger partial charge in [0.25, 0.3) is 6.47 Å². The number of alkyl halides is 1. The SMILES string of the molecule is O=COCCOCCl. The molecule has 0 aliphatic rings. The third-order valence-corrected chi connectivity index (χ3v) is 0.645. The summed E-state index contributed by atoms with van der Waals surface area (Å²) in [6, 6.07) is 0.141.